The number of rotatable bonds is 5. The van der Waals surface area contributed by atoms with Gasteiger partial charge in [-0.3, -0.25) is 0 Å². The van der Waals surface area contributed by atoms with Crippen LogP contribution >= 0.6 is 0 Å². The Morgan fingerprint density at radius 1 is 0.315 bits per heavy atom. The first kappa shape index (κ1) is 30.5. The number of fused-ring (bicyclic) bond motifs is 9. The Balaban J connectivity index is 1.21. The van der Waals surface area contributed by atoms with Crippen LogP contribution in [0.1, 0.15) is 0 Å². The van der Waals surface area contributed by atoms with Gasteiger partial charge in [-0.25, -0.2) is 0 Å². The second kappa shape index (κ2) is 12.2. The van der Waals surface area contributed by atoms with Crippen molar-refractivity contribution in [1.82, 2.24) is 4.57 Å². The van der Waals surface area contributed by atoms with Gasteiger partial charge in [-0.15, -0.1) is 0 Å². The van der Waals surface area contributed by atoms with Crippen LogP contribution in [0.25, 0.3) is 81.7 Å². The maximum Gasteiger partial charge on any atom is 0.0561 e. The molecular weight excluding hydrogens is 653 g/mol. The molecule has 0 radical (unpaired) electrons. The van der Waals surface area contributed by atoms with Gasteiger partial charge >= 0.3 is 0 Å². The number of aromatic nitrogens is 1. The lowest BCUT2D eigenvalue weighted by Gasteiger charge is -2.27. The lowest BCUT2D eigenvalue weighted by molar-refractivity contribution is 1.17. The van der Waals surface area contributed by atoms with E-state index in [1.165, 1.54) is 76.0 Å². The lowest BCUT2D eigenvalue weighted by Crippen LogP contribution is -2.11. The van der Waals surface area contributed by atoms with E-state index in [-0.39, 0.29) is 0 Å². The molecular formula is C52H34N2. The van der Waals surface area contributed by atoms with E-state index < -0.39 is 0 Å². The molecule has 54 heavy (non-hydrogen) atoms. The van der Waals surface area contributed by atoms with Crippen LogP contribution in [0.15, 0.2) is 206 Å². The topological polar surface area (TPSA) is 8.17 Å². The SMILES string of the molecule is c1ccc(-c2ccc(N(c3ccccc3)c3ccc4ccc5ccc6ccccc6c5c4c3)cc2-n2c3ccccc3c3cc4ccccc4cc32)cc1. The average molecular weight is 687 g/mol. The predicted molar refractivity (Wildman–Crippen MR) is 231 cm³/mol. The van der Waals surface area contributed by atoms with Crippen LogP contribution in [0, 0.1) is 0 Å². The van der Waals surface area contributed by atoms with E-state index >= 15 is 0 Å². The number of anilines is 3. The Morgan fingerprint density at radius 2 is 0.889 bits per heavy atom. The van der Waals surface area contributed by atoms with Crippen LogP contribution in [0.4, 0.5) is 17.1 Å². The Kier molecular flexibility index (Phi) is 6.90. The Labute approximate surface area is 313 Å². The number of hydrogen-bond acceptors (Lipinski definition) is 1. The molecule has 0 N–H and O–H groups in total. The van der Waals surface area contributed by atoms with Crippen LogP contribution in [-0.4, -0.2) is 4.57 Å². The van der Waals surface area contributed by atoms with Crippen molar-refractivity contribution in [2.75, 3.05) is 4.90 Å². The number of para-hydroxylation sites is 2. The molecule has 0 saturated carbocycles. The molecule has 2 heteroatoms. The quantitative estimate of drug-likeness (QED) is 0.164. The summed E-state index contributed by atoms with van der Waals surface area (Å²) in [5, 5.41) is 12.5. The van der Waals surface area contributed by atoms with Crippen molar-refractivity contribution in [1.29, 1.82) is 0 Å². The molecule has 0 fully saturated rings. The maximum atomic E-state index is 2.48. The predicted octanol–water partition coefficient (Wildman–Crippen LogP) is 14.5. The smallest absolute Gasteiger partial charge is 0.0561 e. The van der Waals surface area contributed by atoms with Crippen molar-refractivity contribution in [2.24, 2.45) is 0 Å². The molecule has 0 bridgehead atoms. The zero-order valence-corrected chi connectivity index (χ0v) is 29.5. The molecule has 0 amide bonds. The molecule has 0 unspecified atom stereocenters. The first-order chi connectivity index (χ1) is 26.8. The highest BCUT2D eigenvalue weighted by atomic mass is 15.1. The van der Waals surface area contributed by atoms with Crippen molar-refractivity contribution in [2.45, 2.75) is 0 Å². The first-order valence-corrected chi connectivity index (χ1v) is 18.6. The normalized spacial score (nSPS) is 11.7. The van der Waals surface area contributed by atoms with E-state index in [0.29, 0.717) is 0 Å². The van der Waals surface area contributed by atoms with E-state index in [0.717, 1.165) is 22.7 Å². The molecule has 0 aliphatic carbocycles. The Morgan fingerprint density at radius 3 is 1.69 bits per heavy atom. The van der Waals surface area contributed by atoms with Crippen LogP contribution in [-0.2, 0) is 0 Å². The Hall–Kier alpha value is -7.16. The van der Waals surface area contributed by atoms with Gasteiger partial charge in [0.05, 0.1) is 16.7 Å². The molecule has 1 aromatic heterocycles. The number of benzene rings is 10. The fourth-order valence-electron chi connectivity index (χ4n) is 8.60. The molecule has 11 aromatic rings. The molecule has 0 atom stereocenters. The van der Waals surface area contributed by atoms with Gasteiger partial charge in [0.1, 0.15) is 0 Å². The van der Waals surface area contributed by atoms with Crippen molar-refractivity contribution >= 4 is 82.0 Å². The van der Waals surface area contributed by atoms with Crippen molar-refractivity contribution in [3.8, 4) is 16.8 Å². The highest BCUT2D eigenvalue weighted by Crippen LogP contribution is 2.43. The van der Waals surface area contributed by atoms with Crippen molar-refractivity contribution in [3.05, 3.63) is 206 Å². The number of nitrogens with zero attached hydrogens (tertiary/aromatic N) is 2. The van der Waals surface area contributed by atoms with Gasteiger partial charge in [-0.05, 0) is 103 Å². The third kappa shape index (κ3) is 4.81. The summed E-state index contributed by atoms with van der Waals surface area (Å²) in [6.45, 7) is 0. The Bertz CT molecular complexity index is 3210. The molecule has 0 spiro atoms. The fourth-order valence-corrected chi connectivity index (χ4v) is 8.60. The third-order valence-corrected chi connectivity index (χ3v) is 11.1. The lowest BCUT2D eigenvalue weighted by atomic mass is 9.96. The maximum absolute atomic E-state index is 2.48. The van der Waals surface area contributed by atoms with Crippen molar-refractivity contribution in [3.63, 3.8) is 0 Å². The van der Waals surface area contributed by atoms with Gasteiger partial charge in [-0.2, -0.15) is 0 Å². The zero-order valence-electron chi connectivity index (χ0n) is 29.5. The van der Waals surface area contributed by atoms with Gasteiger partial charge in [0, 0.05) is 33.4 Å². The van der Waals surface area contributed by atoms with Crippen LogP contribution in [0.3, 0.4) is 0 Å². The first-order valence-electron chi connectivity index (χ1n) is 18.6. The van der Waals surface area contributed by atoms with Gasteiger partial charge in [0.2, 0.25) is 0 Å². The highest BCUT2D eigenvalue weighted by Gasteiger charge is 2.20. The molecule has 0 aliphatic heterocycles. The minimum atomic E-state index is 1.09. The second-order valence-corrected chi connectivity index (χ2v) is 14.2. The zero-order chi connectivity index (χ0) is 35.6. The second-order valence-electron chi connectivity index (χ2n) is 14.2. The average Bonchev–Trinajstić information content (AvgIpc) is 3.56. The molecule has 11 rings (SSSR count). The van der Waals surface area contributed by atoms with E-state index in [4.69, 9.17) is 0 Å². The van der Waals surface area contributed by atoms with E-state index in [9.17, 15) is 0 Å². The van der Waals surface area contributed by atoms with Crippen LogP contribution < -0.4 is 4.90 Å². The molecule has 2 nitrogen and oxygen atoms in total. The largest absolute Gasteiger partial charge is 0.310 e. The minimum Gasteiger partial charge on any atom is -0.310 e. The van der Waals surface area contributed by atoms with E-state index in [2.05, 4.69) is 216 Å². The van der Waals surface area contributed by atoms with Gasteiger partial charge in [0.15, 0.2) is 0 Å². The van der Waals surface area contributed by atoms with Gasteiger partial charge in [0.25, 0.3) is 0 Å². The highest BCUT2D eigenvalue weighted by molar-refractivity contribution is 6.21. The summed E-state index contributed by atoms with van der Waals surface area (Å²) in [4.78, 5) is 2.41. The monoisotopic (exact) mass is 686 g/mol. The summed E-state index contributed by atoms with van der Waals surface area (Å²) in [5.41, 5.74) is 9.19. The summed E-state index contributed by atoms with van der Waals surface area (Å²) < 4.78 is 2.48. The standard InChI is InChI=1S/C52H34N2/c1-3-13-35(14-4-1)44-30-29-43(34-51(44)54-49-22-12-11-21-46(49)48-31-39-16-7-8-17-40(39)32-50(48)54)53(41-18-5-2-6-19-41)42-28-27-37-24-26-38-25-23-36-15-9-10-20-45(36)52(38)47(37)33-42/h1-34H. The van der Waals surface area contributed by atoms with Crippen LogP contribution in [0.5, 0.6) is 0 Å². The molecule has 0 aliphatic rings. The van der Waals surface area contributed by atoms with Crippen molar-refractivity contribution < 1.29 is 0 Å². The minimum absolute atomic E-state index is 1.09. The third-order valence-electron chi connectivity index (χ3n) is 11.1. The fraction of sp³-hybridized carbons (Fsp3) is 0. The van der Waals surface area contributed by atoms with Gasteiger partial charge in [-0.1, -0.05) is 152 Å². The number of hydrogen-bond donors (Lipinski definition) is 0. The summed E-state index contributed by atoms with van der Waals surface area (Å²) in [6, 6.07) is 75.4. The summed E-state index contributed by atoms with van der Waals surface area (Å²) in [6.07, 6.45) is 0. The summed E-state index contributed by atoms with van der Waals surface area (Å²) in [5.74, 6) is 0. The summed E-state index contributed by atoms with van der Waals surface area (Å²) in [7, 11) is 0. The van der Waals surface area contributed by atoms with E-state index in [1.807, 2.05) is 0 Å². The van der Waals surface area contributed by atoms with E-state index in [1.54, 1.807) is 0 Å². The van der Waals surface area contributed by atoms with Gasteiger partial charge < -0.3 is 9.47 Å². The summed E-state index contributed by atoms with van der Waals surface area (Å²) >= 11 is 0. The molecule has 252 valence electrons. The molecule has 10 aromatic carbocycles. The molecule has 1 heterocycles. The van der Waals surface area contributed by atoms with Crippen LogP contribution in [0.2, 0.25) is 0 Å². The molecule has 0 saturated heterocycles.